The summed E-state index contributed by atoms with van der Waals surface area (Å²) in [6.07, 6.45) is 11.0. The first-order valence-electron chi connectivity index (χ1n) is 32.9. The Labute approximate surface area is 530 Å². The van der Waals surface area contributed by atoms with E-state index in [9.17, 15) is 39.3 Å². The maximum absolute atomic E-state index is 14.3. The third-order valence-electron chi connectivity index (χ3n) is 19.8. The number of benzene rings is 2. The summed E-state index contributed by atoms with van der Waals surface area (Å²) in [6.45, 7) is 17.2. The summed E-state index contributed by atoms with van der Waals surface area (Å²) in [5.74, 6) is -7.92. The van der Waals surface area contributed by atoms with Crippen molar-refractivity contribution in [3.8, 4) is 0 Å². The van der Waals surface area contributed by atoms with Gasteiger partial charge >= 0.3 is 11.9 Å². The van der Waals surface area contributed by atoms with Crippen LogP contribution in [-0.2, 0) is 54.2 Å². The fourth-order valence-electron chi connectivity index (χ4n) is 14.2. The number of Topliss-reactive ketones (excluding diaryl/α,β-unsaturated/α-hetero) is 2. The molecule has 4 heterocycles. The summed E-state index contributed by atoms with van der Waals surface area (Å²) in [7, 11) is 6.83. The van der Waals surface area contributed by atoms with Crippen LogP contribution in [0.4, 0.5) is 5.69 Å². The Kier molecular flexibility index (Phi) is 29.2. The third kappa shape index (κ3) is 20.4. The van der Waals surface area contributed by atoms with Gasteiger partial charge < -0.3 is 64.5 Å². The van der Waals surface area contributed by atoms with E-state index in [2.05, 4.69) is 84.1 Å². The van der Waals surface area contributed by atoms with Gasteiger partial charge in [0.2, 0.25) is 5.79 Å². The van der Waals surface area contributed by atoms with E-state index >= 15 is 0 Å². The maximum atomic E-state index is 14.3. The highest BCUT2D eigenvalue weighted by Gasteiger charge is 2.57. The number of allylic oxidation sites excluding steroid dienone is 4. The van der Waals surface area contributed by atoms with E-state index in [-0.39, 0.29) is 55.4 Å². The molecule has 89 heavy (non-hydrogen) atoms. The molecule has 496 valence electrons. The molecule has 6 aliphatic rings. The van der Waals surface area contributed by atoms with Gasteiger partial charge in [0.05, 0.1) is 36.4 Å². The molecule has 14 atom stereocenters. The number of aliphatic hydroxyl groups excluding tert-OH is 2. The second-order valence-corrected chi connectivity index (χ2v) is 26.5. The number of esters is 1. The fraction of sp³-hybridized carbons (Fsp3) is 0.676. The Balaban J connectivity index is 0.000000316. The monoisotopic (exact) mass is 1240 g/mol. The number of carbonyl (C=O) groups excluding carboxylic acids is 4. The van der Waals surface area contributed by atoms with Crippen LogP contribution < -0.4 is 10.6 Å². The van der Waals surface area contributed by atoms with Crippen LogP contribution in [0.3, 0.4) is 0 Å². The number of ether oxygens (including phenoxy) is 5. The summed E-state index contributed by atoms with van der Waals surface area (Å²) < 4.78 is 29.7. The number of aliphatic carboxylic acids is 1. The molecule has 5 fully saturated rings. The molecule has 18 nitrogen and oxygen atoms in total. The number of carboxylic acid groups (broad SMARTS) is 1. The van der Waals surface area contributed by atoms with Crippen molar-refractivity contribution in [3.63, 3.8) is 0 Å². The van der Waals surface area contributed by atoms with Crippen molar-refractivity contribution in [2.24, 2.45) is 47.2 Å². The number of fused-ring (bicyclic) bond motifs is 3. The van der Waals surface area contributed by atoms with Gasteiger partial charge in [-0.25, -0.2) is 4.79 Å². The number of aliphatic hydroxyl groups is 3. The minimum atomic E-state index is -2.51. The average molecular weight is 1240 g/mol. The number of anilines is 1. The molecule has 18 heteroatoms. The second kappa shape index (κ2) is 35.6. The number of carbonyl (C=O) groups is 5. The van der Waals surface area contributed by atoms with E-state index in [1.54, 1.807) is 27.0 Å². The number of cyclic esters (lactones) is 1. The van der Waals surface area contributed by atoms with Gasteiger partial charge in [0, 0.05) is 70.3 Å². The van der Waals surface area contributed by atoms with Crippen LogP contribution in [0.1, 0.15) is 149 Å². The zero-order valence-corrected chi connectivity index (χ0v) is 54.8. The molecule has 2 bridgehead atoms. The van der Waals surface area contributed by atoms with Crippen LogP contribution in [0, 0.1) is 41.4 Å². The number of likely N-dealkylation sites (tertiary alicyclic amines) is 1. The molecule has 3 saturated heterocycles. The fourth-order valence-corrected chi connectivity index (χ4v) is 14.2. The Morgan fingerprint density at radius 1 is 0.798 bits per heavy atom. The SMILES string of the molecule is C=CC[C@@H]1/C=C(\C)C[C@H](C)C[C@H](OC)[C@H]2O[C@@](O)(C(=O)C(=O)N3CCCC[C@H]3C(=O)O[C@H](/C(C)=C/[C@@H]3CC[C@@H](O)[C@H](OC)C3)[C@H](C)[C@@H](O)CC1=O)[C@H](C)C[C@@H]2OC.CN1CCC(N(Cc2ccccc2)c2ccccc2)CC1.NCC1CCC(C(=O)O)CC1. The molecule has 2 aromatic carbocycles. The third-order valence-corrected chi connectivity index (χ3v) is 19.8. The van der Waals surface area contributed by atoms with Crippen molar-refractivity contribution in [2.45, 2.75) is 211 Å². The number of amides is 1. The number of para-hydroxylation sites is 1. The van der Waals surface area contributed by atoms with Crippen molar-refractivity contribution in [1.29, 1.82) is 0 Å². The number of ketones is 2. The van der Waals surface area contributed by atoms with Crippen molar-refractivity contribution in [1.82, 2.24) is 9.80 Å². The van der Waals surface area contributed by atoms with Crippen LogP contribution in [-0.4, -0.2) is 175 Å². The topological polar surface area (TPSA) is 248 Å². The predicted octanol–water partition coefficient (Wildman–Crippen LogP) is 9.26. The molecule has 4 aliphatic heterocycles. The summed E-state index contributed by atoms with van der Waals surface area (Å²) in [4.78, 5) is 73.4. The first-order chi connectivity index (χ1) is 42.5. The van der Waals surface area contributed by atoms with Crippen molar-refractivity contribution in [2.75, 3.05) is 59.5 Å². The van der Waals surface area contributed by atoms with Gasteiger partial charge in [-0.1, -0.05) is 93.1 Å². The molecule has 1 amide bonds. The second-order valence-electron chi connectivity index (χ2n) is 26.5. The minimum absolute atomic E-state index is 0.00988. The largest absolute Gasteiger partial charge is 0.481 e. The quantitative estimate of drug-likeness (QED) is 0.0712. The molecular weight excluding hydrogens is 1130 g/mol. The first kappa shape index (κ1) is 72.9. The Morgan fingerprint density at radius 2 is 1.43 bits per heavy atom. The number of carboxylic acids is 1. The Hall–Kier alpha value is -5.15. The van der Waals surface area contributed by atoms with E-state index in [0.29, 0.717) is 75.4 Å². The van der Waals surface area contributed by atoms with Crippen molar-refractivity contribution in [3.05, 3.63) is 102 Å². The Bertz CT molecular complexity index is 2610. The highest BCUT2D eigenvalue weighted by Crippen LogP contribution is 2.40. The maximum Gasteiger partial charge on any atom is 0.329 e. The zero-order chi connectivity index (χ0) is 65.0. The molecule has 2 saturated carbocycles. The predicted molar refractivity (Wildman–Crippen MR) is 344 cm³/mol. The Morgan fingerprint density at radius 3 is 2.03 bits per heavy atom. The van der Waals surface area contributed by atoms with Crippen LogP contribution >= 0.6 is 0 Å². The molecule has 0 radical (unpaired) electrons. The lowest BCUT2D eigenvalue weighted by Crippen LogP contribution is -2.64. The van der Waals surface area contributed by atoms with E-state index in [0.717, 1.165) is 37.8 Å². The number of piperidine rings is 2. The molecule has 2 aliphatic carbocycles. The van der Waals surface area contributed by atoms with Crippen LogP contribution in [0.15, 0.2) is 96.6 Å². The number of rotatable bonds is 13. The molecule has 2 aromatic rings. The van der Waals surface area contributed by atoms with E-state index < -0.39 is 89.8 Å². The zero-order valence-electron chi connectivity index (χ0n) is 54.8. The number of nitrogens with two attached hydrogens (primary N) is 1. The van der Waals surface area contributed by atoms with Crippen LogP contribution in [0.25, 0.3) is 0 Å². The van der Waals surface area contributed by atoms with Gasteiger partial charge in [0.15, 0.2) is 0 Å². The molecular formula is C71H108N4O14. The van der Waals surface area contributed by atoms with Gasteiger partial charge in [-0.15, -0.1) is 6.58 Å². The van der Waals surface area contributed by atoms with Gasteiger partial charge in [-0.3, -0.25) is 19.2 Å². The summed E-state index contributed by atoms with van der Waals surface area (Å²) in [5.41, 5.74) is 9.82. The highest BCUT2D eigenvalue weighted by atomic mass is 16.7. The van der Waals surface area contributed by atoms with Crippen LogP contribution in [0.2, 0.25) is 0 Å². The first-order valence-corrected chi connectivity index (χ1v) is 32.9. The smallest absolute Gasteiger partial charge is 0.329 e. The lowest BCUT2D eigenvalue weighted by atomic mass is 9.81. The van der Waals surface area contributed by atoms with Crippen molar-refractivity contribution >= 4 is 35.1 Å². The molecule has 6 N–H and O–H groups in total. The number of hydrogen-bond donors (Lipinski definition) is 5. The molecule has 8 rings (SSSR count). The van der Waals surface area contributed by atoms with Gasteiger partial charge in [-0.2, -0.15) is 0 Å². The average Bonchev–Trinajstić information content (AvgIpc) is 0.987. The minimum Gasteiger partial charge on any atom is -0.481 e. The standard InChI is InChI=1S/C44H69NO12.C19H24N2.C8H15NO2/c1-10-13-31-19-25(2)18-26(3)20-37(54-8)40-38(55-9)22-28(5)44(52,57-40)41(49)42(50)45-17-12-11-14-32(45)43(51)56-39(29(6)34(47)24-35(31)48)27(4)21-30-15-16-33(46)36(23-30)53-7;1-20-14-12-19(13-15-20)21(18-10-6-3-7-11-18)16-17-8-4-2-5-9-17;9-5-6-1-3-7(4-2-6)8(10)11/h10,19,21,26,28-34,36-40,46-47,52H,1,11-18,20,22-24H2,2-9H3;2-11,19H,12-16H2,1H3;6-7H,1-5,9H2,(H,10,11)/b25-19+,27-21+;;/t26-,28+,29+,30-,31+,32-,33+,34-,36+,37-,38-,39+,40+,44+;;/m0../s1. The summed E-state index contributed by atoms with van der Waals surface area (Å²) in [6, 6.07) is 21.2. The molecule has 0 spiro atoms. The molecule has 0 unspecified atom stereocenters. The molecule has 0 aromatic heterocycles. The van der Waals surface area contributed by atoms with Crippen molar-refractivity contribution < 1.29 is 68.1 Å². The van der Waals surface area contributed by atoms with E-state index in [4.69, 9.17) is 34.5 Å². The summed E-state index contributed by atoms with van der Waals surface area (Å²) >= 11 is 0. The van der Waals surface area contributed by atoms with Gasteiger partial charge in [0.1, 0.15) is 24.0 Å². The van der Waals surface area contributed by atoms with E-state index in [1.807, 2.05) is 32.9 Å². The van der Waals surface area contributed by atoms with Crippen LogP contribution in [0.5, 0.6) is 0 Å². The normalized spacial score (nSPS) is 34.1. The number of nitrogens with zero attached hydrogens (tertiary/aromatic N) is 3. The summed E-state index contributed by atoms with van der Waals surface area (Å²) in [5, 5.41) is 42.8. The van der Waals surface area contributed by atoms with Gasteiger partial charge in [-0.05, 0) is 184 Å². The number of hydrogen-bond acceptors (Lipinski definition) is 16. The highest BCUT2D eigenvalue weighted by molar-refractivity contribution is 6.39. The lowest BCUT2D eigenvalue weighted by Gasteiger charge is -2.47. The van der Waals surface area contributed by atoms with Gasteiger partial charge in [0.25, 0.3) is 11.7 Å². The number of methoxy groups -OCH3 is 3. The lowest BCUT2D eigenvalue weighted by molar-refractivity contribution is -0.302. The van der Waals surface area contributed by atoms with E-state index in [1.165, 1.54) is 56.3 Å².